The van der Waals surface area contributed by atoms with Crippen molar-refractivity contribution in [2.24, 2.45) is 5.92 Å². The Kier molecular flexibility index (Phi) is 5.83. The Bertz CT molecular complexity index is 568. The highest BCUT2D eigenvalue weighted by Crippen LogP contribution is 2.21. The van der Waals surface area contributed by atoms with Gasteiger partial charge in [0.2, 0.25) is 0 Å². The van der Waals surface area contributed by atoms with E-state index in [9.17, 15) is 9.59 Å². The van der Waals surface area contributed by atoms with Gasteiger partial charge in [-0.3, -0.25) is 4.79 Å². The first kappa shape index (κ1) is 18.3. The first-order valence-corrected chi connectivity index (χ1v) is 8.13. The highest BCUT2D eigenvalue weighted by Gasteiger charge is 2.41. The van der Waals surface area contributed by atoms with Crippen LogP contribution in [0.25, 0.3) is 0 Å². The van der Waals surface area contributed by atoms with Gasteiger partial charge in [0.05, 0.1) is 13.0 Å². The number of rotatable bonds is 4. The molecule has 1 aliphatic rings. The fourth-order valence-electron chi connectivity index (χ4n) is 2.72. The van der Waals surface area contributed by atoms with Crippen LogP contribution in [0, 0.1) is 5.92 Å². The Morgan fingerprint density at radius 1 is 1.21 bits per heavy atom. The average molecular weight is 334 g/mol. The molecule has 0 saturated carbocycles. The van der Waals surface area contributed by atoms with Crippen molar-refractivity contribution in [1.82, 2.24) is 10.2 Å². The van der Waals surface area contributed by atoms with Crippen molar-refractivity contribution in [3.05, 3.63) is 35.9 Å². The van der Waals surface area contributed by atoms with E-state index < -0.39 is 17.6 Å². The lowest BCUT2D eigenvalue weighted by Crippen LogP contribution is -2.40. The molecular formula is C18H26N2O4. The van der Waals surface area contributed by atoms with E-state index in [0.29, 0.717) is 19.6 Å². The minimum atomic E-state index is -0.562. The molecule has 1 fully saturated rings. The Morgan fingerprint density at radius 3 is 2.46 bits per heavy atom. The van der Waals surface area contributed by atoms with Gasteiger partial charge in [0.15, 0.2) is 0 Å². The molecular weight excluding hydrogens is 308 g/mol. The van der Waals surface area contributed by atoms with Crippen LogP contribution in [-0.4, -0.2) is 48.8 Å². The zero-order chi connectivity index (χ0) is 17.7. The molecule has 1 saturated heterocycles. The van der Waals surface area contributed by atoms with Crippen molar-refractivity contribution in [3.8, 4) is 0 Å². The molecule has 0 spiro atoms. The molecule has 0 aliphatic carbocycles. The molecule has 1 aliphatic heterocycles. The van der Waals surface area contributed by atoms with Gasteiger partial charge in [-0.1, -0.05) is 30.3 Å². The number of likely N-dealkylation sites (tertiary alicyclic amines) is 1. The monoisotopic (exact) mass is 334 g/mol. The molecule has 24 heavy (non-hydrogen) atoms. The molecule has 0 bridgehead atoms. The first-order valence-electron chi connectivity index (χ1n) is 8.13. The smallest absolute Gasteiger partial charge is 0.410 e. The van der Waals surface area contributed by atoms with E-state index in [4.69, 9.17) is 9.47 Å². The summed E-state index contributed by atoms with van der Waals surface area (Å²) in [6, 6.07) is 9.76. The second-order valence-electron chi connectivity index (χ2n) is 6.99. The molecule has 0 unspecified atom stereocenters. The molecule has 6 nitrogen and oxygen atoms in total. The summed E-state index contributed by atoms with van der Waals surface area (Å²) in [4.78, 5) is 25.9. The van der Waals surface area contributed by atoms with E-state index in [-0.39, 0.29) is 12.0 Å². The Labute approximate surface area is 143 Å². The van der Waals surface area contributed by atoms with Crippen LogP contribution in [0.2, 0.25) is 0 Å². The average Bonchev–Trinajstić information content (AvgIpc) is 2.96. The highest BCUT2D eigenvalue weighted by molar-refractivity contribution is 5.76. The molecule has 1 amide bonds. The molecule has 1 N–H and O–H groups in total. The Balaban J connectivity index is 2.01. The summed E-state index contributed by atoms with van der Waals surface area (Å²) in [6.07, 6.45) is -0.402. The van der Waals surface area contributed by atoms with E-state index in [1.807, 2.05) is 51.1 Å². The molecule has 1 heterocycles. The first-order chi connectivity index (χ1) is 11.3. The topological polar surface area (TPSA) is 67.9 Å². The SMILES string of the molecule is COC(=O)[C@@H]1CN(C(=O)OC(C)(C)C)C[C@@H]1NCc1ccccc1. The third-order valence-electron chi connectivity index (χ3n) is 3.89. The predicted octanol–water partition coefficient (Wildman–Crippen LogP) is 2.18. The third-order valence-corrected chi connectivity index (χ3v) is 3.89. The number of methoxy groups -OCH3 is 1. The summed E-state index contributed by atoms with van der Waals surface area (Å²) in [5, 5.41) is 3.36. The van der Waals surface area contributed by atoms with Crippen molar-refractivity contribution >= 4 is 12.1 Å². The van der Waals surface area contributed by atoms with Gasteiger partial charge in [0.1, 0.15) is 5.60 Å². The molecule has 132 valence electrons. The molecule has 2 atom stereocenters. The third kappa shape index (κ3) is 4.96. The highest BCUT2D eigenvalue weighted by atomic mass is 16.6. The van der Waals surface area contributed by atoms with Crippen molar-refractivity contribution in [1.29, 1.82) is 0 Å². The molecule has 1 aromatic rings. The fraction of sp³-hybridized carbons (Fsp3) is 0.556. The predicted molar refractivity (Wildman–Crippen MR) is 90.4 cm³/mol. The van der Waals surface area contributed by atoms with E-state index in [1.165, 1.54) is 7.11 Å². The number of amides is 1. The van der Waals surface area contributed by atoms with E-state index in [1.54, 1.807) is 4.90 Å². The largest absolute Gasteiger partial charge is 0.469 e. The second kappa shape index (κ2) is 7.66. The van der Waals surface area contributed by atoms with Gasteiger partial charge in [-0.2, -0.15) is 0 Å². The van der Waals surface area contributed by atoms with Crippen LogP contribution in [0.1, 0.15) is 26.3 Å². The minimum absolute atomic E-state index is 0.162. The maximum absolute atomic E-state index is 12.3. The Morgan fingerprint density at radius 2 is 1.88 bits per heavy atom. The van der Waals surface area contributed by atoms with Gasteiger partial charge in [-0.15, -0.1) is 0 Å². The van der Waals surface area contributed by atoms with Crippen molar-refractivity contribution < 1.29 is 19.1 Å². The number of carbonyl (C=O) groups is 2. The van der Waals surface area contributed by atoms with Crippen molar-refractivity contribution in [2.45, 2.75) is 39.0 Å². The van der Waals surface area contributed by atoms with Gasteiger partial charge in [-0.05, 0) is 26.3 Å². The molecule has 2 rings (SSSR count). The number of esters is 1. The molecule has 1 aromatic carbocycles. The lowest BCUT2D eigenvalue weighted by Gasteiger charge is -2.24. The number of benzene rings is 1. The van der Waals surface area contributed by atoms with Crippen LogP contribution < -0.4 is 5.32 Å². The molecule has 0 aromatic heterocycles. The van der Waals surface area contributed by atoms with Crippen LogP contribution in [0.5, 0.6) is 0 Å². The summed E-state index contributed by atoms with van der Waals surface area (Å²) in [7, 11) is 1.37. The minimum Gasteiger partial charge on any atom is -0.469 e. The molecule has 6 heteroatoms. The summed E-state index contributed by atoms with van der Waals surface area (Å²) >= 11 is 0. The zero-order valence-corrected chi connectivity index (χ0v) is 14.7. The van der Waals surface area contributed by atoms with E-state index in [2.05, 4.69) is 5.32 Å². The standard InChI is InChI=1S/C18H26N2O4/c1-18(2,3)24-17(22)20-11-14(16(21)23-4)15(12-20)19-10-13-8-6-5-7-9-13/h5-9,14-15,19H,10-12H2,1-4H3/t14-,15+/m1/s1. The number of nitrogens with zero attached hydrogens (tertiary/aromatic N) is 1. The summed E-state index contributed by atoms with van der Waals surface area (Å²) in [5.74, 6) is -0.710. The van der Waals surface area contributed by atoms with Crippen LogP contribution in [0.3, 0.4) is 0 Å². The van der Waals surface area contributed by atoms with Gasteiger partial charge in [0, 0.05) is 25.7 Å². The lowest BCUT2D eigenvalue weighted by molar-refractivity contribution is -0.145. The van der Waals surface area contributed by atoms with Gasteiger partial charge < -0.3 is 19.7 Å². The van der Waals surface area contributed by atoms with Gasteiger partial charge >= 0.3 is 12.1 Å². The summed E-state index contributed by atoms with van der Waals surface area (Å²) in [6.45, 7) is 6.81. The van der Waals surface area contributed by atoms with Crippen LogP contribution in [-0.2, 0) is 20.8 Å². The lowest BCUT2D eigenvalue weighted by atomic mass is 10.0. The quantitative estimate of drug-likeness (QED) is 0.855. The zero-order valence-electron chi connectivity index (χ0n) is 14.7. The van der Waals surface area contributed by atoms with Gasteiger partial charge in [-0.25, -0.2) is 4.79 Å². The number of ether oxygens (including phenoxy) is 2. The summed E-state index contributed by atoms with van der Waals surface area (Å²) < 4.78 is 10.3. The number of nitrogens with one attached hydrogen (secondary N) is 1. The second-order valence-corrected chi connectivity index (χ2v) is 6.99. The number of carbonyl (C=O) groups excluding carboxylic acids is 2. The maximum Gasteiger partial charge on any atom is 0.410 e. The van der Waals surface area contributed by atoms with Crippen LogP contribution in [0.15, 0.2) is 30.3 Å². The summed E-state index contributed by atoms with van der Waals surface area (Å²) in [5.41, 5.74) is 0.560. The van der Waals surface area contributed by atoms with Crippen molar-refractivity contribution in [3.63, 3.8) is 0 Å². The number of hydrogen-bond acceptors (Lipinski definition) is 5. The Hall–Kier alpha value is -2.08. The fourth-order valence-corrected chi connectivity index (χ4v) is 2.72. The van der Waals surface area contributed by atoms with Crippen LogP contribution >= 0.6 is 0 Å². The maximum atomic E-state index is 12.3. The normalized spacial score (nSPS) is 20.8. The van der Waals surface area contributed by atoms with E-state index in [0.717, 1.165) is 5.56 Å². The van der Waals surface area contributed by atoms with Crippen molar-refractivity contribution in [2.75, 3.05) is 20.2 Å². The van der Waals surface area contributed by atoms with Gasteiger partial charge in [0.25, 0.3) is 0 Å². The molecule has 0 radical (unpaired) electrons. The number of hydrogen-bond donors (Lipinski definition) is 1. The van der Waals surface area contributed by atoms with E-state index >= 15 is 0 Å². The van der Waals surface area contributed by atoms with Crippen LogP contribution in [0.4, 0.5) is 4.79 Å².